The van der Waals surface area contributed by atoms with E-state index in [1.165, 1.54) is 54.4 Å². The first kappa shape index (κ1) is 23.0. The third-order valence-electron chi connectivity index (χ3n) is 5.62. The van der Waals surface area contributed by atoms with Gasteiger partial charge in [0.1, 0.15) is 17.3 Å². The van der Waals surface area contributed by atoms with Crippen molar-refractivity contribution in [2.45, 2.75) is 83.8 Å². The van der Waals surface area contributed by atoms with E-state index in [0.717, 1.165) is 37.1 Å². The van der Waals surface area contributed by atoms with Crippen LogP contribution in [0.4, 0.5) is 0 Å². The summed E-state index contributed by atoms with van der Waals surface area (Å²) in [6.07, 6.45) is 12.9. The van der Waals surface area contributed by atoms with Gasteiger partial charge in [0.25, 0.3) is 0 Å². The average Bonchev–Trinajstić information content (AvgIpc) is 3.31. The summed E-state index contributed by atoms with van der Waals surface area (Å²) in [5.74, 6) is 0.831. The topological polar surface area (TPSA) is 58.5 Å². The summed E-state index contributed by atoms with van der Waals surface area (Å²) < 4.78 is 6.32. The third kappa shape index (κ3) is 5.65. The molecular formula is C22H37N3O2S. The molecule has 2 aliphatic carbocycles. The summed E-state index contributed by atoms with van der Waals surface area (Å²) in [4.78, 5) is 13.9. The number of fused-ring (bicyclic) bond motifs is 3. The van der Waals surface area contributed by atoms with Crippen molar-refractivity contribution < 1.29 is 9.84 Å². The van der Waals surface area contributed by atoms with Crippen LogP contribution >= 0.6 is 11.3 Å². The Balaban J connectivity index is 0.000000419. The molecule has 2 aromatic heterocycles. The van der Waals surface area contributed by atoms with E-state index in [9.17, 15) is 0 Å². The molecule has 158 valence electrons. The summed E-state index contributed by atoms with van der Waals surface area (Å²) in [6, 6.07) is 0.704. The van der Waals surface area contributed by atoms with Crippen LogP contribution in [0.15, 0.2) is 6.33 Å². The Morgan fingerprint density at radius 3 is 2.36 bits per heavy atom. The monoisotopic (exact) mass is 407 g/mol. The fourth-order valence-electron chi connectivity index (χ4n) is 3.83. The van der Waals surface area contributed by atoms with Crippen molar-refractivity contribution in [3.05, 3.63) is 16.8 Å². The number of thiophene rings is 1. The molecule has 1 N–H and O–H groups in total. The molecular weight excluding hydrogens is 370 g/mol. The van der Waals surface area contributed by atoms with E-state index in [1.54, 1.807) is 6.33 Å². The molecule has 2 aromatic rings. The Morgan fingerprint density at radius 2 is 1.75 bits per heavy atom. The van der Waals surface area contributed by atoms with E-state index in [1.807, 2.05) is 11.3 Å². The van der Waals surface area contributed by atoms with Gasteiger partial charge in [-0.25, -0.2) is 9.97 Å². The van der Waals surface area contributed by atoms with Gasteiger partial charge in [-0.15, -0.1) is 11.3 Å². The second kappa shape index (κ2) is 11.7. The minimum absolute atomic E-state index is 0.311. The number of aliphatic hydroxyl groups excluding tert-OH is 1. The summed E-state index contributed by atoms with van der Waals surface area (Å²) >= 11 is 1.83. The molecule has 2 heterocycles. The van der Waals surface area contributed by atoms with Crippen LogP contribution in [0.1, 0.15) is 69.2 Å². The van der Waals surface area contributed by atoms with Gasteiger partial charge in [-0.05, 0) is 64.6 Å². The second-order valence-corrected chi connectivity index (χ2v) is 8.81. The van der Waals surface area contributed by atoms with Crippen LogP contribution < -0.4 is 4.74 Å². The lowest BCUT2D eigenvalue weighted by molar-refractivity contribution is 0.108. The number of unbranched alkanes of at least 4 members (excludes halogenated alkanes) is 1. The molecule has 0 bridgehead atoms. The first-order chi connectivity index (χ1) is 13.6. The average molecular weight is 408 g/mol. The molecule has 5 nitrogen and oxygen atoms in total. The van der Waals surface area contributed by atoms with E-state index in [4.69, 9.17) is 9.84 Å². The number of nitrogens with zero attached hydrogens (tertiary/aromatic N) is 3. The number of aromatic nitrogens is 2. The standard InChI is InChI=1S/C17H23N3OS.C4H10.CH4O/c1-20(2)11-6-8-12(9-7-11)21-16-15-13-4-3-5-14(13)22-17(15)19-10-18-16;1-3-4-2;1-2/h10-12H,3-9H2,1-2H3;3-4H2,1-2H3;2H,1H3. The van der Waals surface area contributed by atoms with Crippen molar-refractivity contribution in [1.82, 2.24) is 14.9 Å². The quantitative estimate of drug-likeness (QED) is 0.785. The Kier molecular flexibility index (Phi) is 9.62. The van der Waals surface area contributed by atoms with Crippen molar-refractivity contribution in [3.63, 3.8) is 0 Å². The number of hydrogen-bond donors (Lipinski definition) is 1. The molecule has 2 aliphatic rings. The van der Waals surface area contributed by atoms with Crippen LogP contribution in [0.3, 0.4) is 0 Å². The molecule has 4 rings (SSSR count). The minimum atomic E-state index is 0.311. The second-order valence-electron chi connectivity index (χ2n) is 7.73. The molecule has 0 atom stereocenters. The highest BCUT2D eigenvalue weighted by molar-refractivity contribution is 7.18. The zero-order chi connectivity index (χ0) is 20.5. The van der Waals surface area contributed by atoms with Gasteiger partial charge >= 0.3 is 0 Å². The van der Waals surface area contributed by atoms with Gasteiger partial charge in [0.05, 0.1) is 5.39 Å². The molecule has 0 unspecified atom stereocenters. The first-order valence-corrected chi connectivity index (χ1v) is 11.5. The molecule has 1 fully saturated rings. The van der Waals surface area contributed by atoms with Gasteiger partial charge in [0.15, 0.2) is 0 Å². The van der Waals surface area contributed by atoms with Gasteiger partial charge in [-0.2, -0.15) is 0 Å². The Morgan fingerprint density at radius 1 is 1.07 bits per heavy atom. The Labute approximate surface area is 174 Å². The predicted molar refractivity (Wildman–Crippen MR) is 119 cm³/mol. The zero-order valence-corrected chi connectivity index (χ0v) is 19.0. The normalized spacial score (nSPS) is 20.8. The largest absolute Gasteiger partial charge is 0.474 e. The smallest absolute Gasteiger partial charge is 0.225 e. The summed E-state index contributed by atoms with van der Waals surface area (Å²) in [6.45, 7) is 4.36. The Hall–Kier alpha value is -1.24. The van der Waals surface area contributed by atoms with E-state index in [0.29, 0.717) is 12.1 Å². The lowest BCUT2D eigenvalue weighted by Crippen LogP contribution is -2.35. The molecule has 0 aromatic carbocycles. The summed E-state index contributed by atoms with van der Waals surface area (Å²) in [5, 5.41) is 8.20. The van der Waals surface area contributed by atoms with Gasteiger partial charge < -0.3 is 14.7 Å². The highest BCUT2D eigenvalue weighted by atomic mass is 32.1. The fraction of sp³-hybridized carbons (Fsp3) is 0.727. The molecule has 28 heavy (non-hydrogen) atoms. The first-order valence-electron chi connectivity index (χ1n) is 10.7. The molecule has 0 spiro atoms. The number of hydrogen-bond acceptors (Lipinski definition) is 6. The maximum atomic E-state index is 7.00. The highest BCUT2D eigenvalue weighted by Crippen LogP contribution is 2.40. The fourth-order valence-corrected chi connectivity index (χ4v) is 5.05. The van der Waals surface area contributed by atoms with Crippen LogP contribution in [-0.4, -0.2) is 53.3 Å². The minimum Gasteiger partial charge on any atom is -0.474 e. The molecule has 1 saturated carbocycles. The van der Waals surface area contributed by atoms with E-state index < -0.39 is 0 Å². The SMILES string of the molecule is CCCC.CN(C)C1CCC(Oc2ncnc3sc4c(c23)CCC4)CC1.CO. The van der Waals surface area contributed by atoms with Crippen molar-refractivity contribution in [2.24, 2.45) is 0 Å². The van der Waals surface area contributed by atoms with Gasteiger partial charge in [0.2, 0.25) is 5.88 Å². The maximum Gasteiger partial charge on any atom is 0.225 e. The van der Waals surface area contributed by atoms with Gasteiger partial charge in [-0.3, -0.25) is 0 Å². The number of aryl methyl sites for hydroxylation is 2. The van der Waals surface area contributed by atoms with Crippen molar-refractivity contribution >= 4 is 21.6 Å². The van der Waals surface area contributed by atoms with Gasteiger partial charge in [0, 0.05) is 18.0 Å². The summed E-state index contributed by atoms with van der Waals surface area (Å²) in [5.41, 5.74) is 1.46. The van der Waals surface area contributed by atoms with Crippen molar-refractivity contribution in [2.75, 3.05) is 21.2 Å². The zero-order valence-electron chi connectivity index (χ0n) is 18.2. The van der Waals surface area contributed by atoms with Crippen LogP contribution in [0, 0.1) is 0 Å². The van der Waals surface area contributed by atoms with Crippen molar-refractivity contribution in [1.29, 1.82) is 0 Å². The van der Waals surface area contributed by atoms with Crippen LogP contribution in [0.2, 0.25) is 0 Å². The van der Waals surface area contributed by atoms with Crippen LogP contribution in [0.25, 0.3) is 10.2 Å². The van der Waals surface area contributed by atoms with E-state index >= 15 is 0 Å². The number of aliphatic hydroxyl groups is 1. The molecule has 0 amide bonds. The lowest BCUT2D eigenvalue weighted by atomic mass is 9.92. The van der Waals surface area contributed by atoms with Crippen LogP contribution in [0.5, 0.6) is 5.88 Å². The van der Waals surface area contributed by atoms with E-state index in [-0.39, 0.29) is 0 Å². The van der Waals surface area contributed by atoms with Gasteiger partial charge in [-0.1, -0.05) is 26.7 Å². The maximum absolute atomic E-state index is 7.00. The summed E-state index contributed by atoms with van der Waals surface area (Å²) in [7, 11) is 5.35. The van der Waals surface area contributed by atoms with Crippen molar-refractivity contribution in [3.8, 4) is 5.88 Å². The van der Waals surface area contributed by atoms with E-state index in [2.05, 4.69) is 42.8 Å². The molecule has 6 heteroatoms. The molecule has 0 aliphatic heterocycles. The molecule has 0 radical (unpaired) electrons. The third-order valence-corrected chi connectivity index (χ3v) is 6.82. The Bertz CT molecular complexity index is 707. The van der Waals surface area contributed by atoms with Crippen LogP contribution in [-0.2, 0) is 12.8 Å². The number of ether oxygens (including phenoxy) is 1. The number of rotatable bonds is 4. The lowest BCUT2D eigenvalue weighted by Gasteiger charge is -2.32. The molecule has 0 saturated heterocycles. The predicted octanol–water partition coefficient (Wildman–Crippen LogP) is 4.85. The highest BCUT2D eigenvalue weighted by Gasteiger charge is 2.26.